The van der Waals surface area contributed by atoms with E-state index >= 15 is 0 Å². The normalized spacial score (nSPS) is 27.8. The van der Waals surface area contributed by atoms with Gasteiger partial charge in [-0.15, -0.1) is 23.5 Å². The van der Waals surface area contributed by atoms with Crippen molar-refractivity contribution in [3.63, 3.8) is 0 Å². The molecule has 0 unspecified atom stereocenters. The van der Waals surface area contributed by atoms with Crippen LogP contribution in [0.15, 0.2) is 0 Å². The Labute approximate surface area is 107 Å². The van der Waals surface area contributed by atoms with Gasteiger partial charge in [-0.2, -0.15) is 0 Å². The molecular formula is C11H21NO2S2. The molecule has 16 heavy (non-hydrogen) atoms. The molecule has 2 fully saturated rings. The maximum atomic E-state index is 5.49. The standard InChI is InChI=1S/C11H21NO2S2/c1-2-11(1)12-9-15-7-5-13-3-4-14-6-8-16-10-12/h11H,1-10H2. The summed E-state index contributed by atoms with van der Waals surface area (Å²) >= 11 is 4.00. The Morgan fingerprint density at radius 1 is 0.812 bits per heavy atom. The molecule has 0 aromatic carbocycles. The predicted molar refractivity (Wildman–Crippen MR) is 71.1 cm³/mol. The van der Waals surface area contributed by atoms with Crippen LogP contribution in [0.4, 0.5) is 0 Å². The van der Waals surface area contributed by atoms with E-state index in [0.717, 1.165) is 44.0 Å². The fourth-order valence-electron chi connectivity index (χ4n) is 1.61. The second kappa shape index (κ2) is 7.82. The molecule has 0 spiro atoms. The van der Waals surface area contributed by atoms with Gasteiger partial charge in [0.1, 0.15) is 0 Å². The van der Waals surface area contributed by atoms with Crippen molar-refractivity contribution in [3.8, 4) is 0 Å². The smallest absolute Gasteiger partial charge is 0.0700 e. The van der Waals surface area contributed by atoms with Crippen LogP contribution in [0.2, 0.25) is 0 Å². The van der Waals surface area contributed by atoms with Gasteiger partial charge in [-0.1, -0.05) is 0 Å². The first-order chi connectivity index (χ1) is 7.97. The summed E-state index contributed by atoms with van der Waals surface area (Å²) in [5.41, 5.74) is 0. The van der Waals surface area contributed by atoms with Gasteiger partial charge in [0.25, 0.3) is 0 Å². The second-order valence-electron chi connectivity index (χ2n) is 4.12. The molecule has 2 aliphatic rings. The SMILES string of the molecule is C1COCCSCN(C2CC2)CSCCO1. The van der Waals surface area contributed by atoms with Crippen molar-refractivity contribution in [2.24, 2.45) is 0 Å². The van der Waals surface area contributed by atoms with E-state index in [1.165, 1.54) is 24.6 Å². The molecule has 3 nitrogen and oxygen atoms in total. The minimum atomic E-state index is 0.748. The monoisotopic (exact) mass is 263 g/mol. The zero-order chi connectivity index (χ0) is 11.1. The highest BCUT2D eigenvalue weighted by molar-refractivity contribution is 8.00. The Kier molecular flexibility index (Phi) is 6.36. The lowest BCUT2D eigenvalue weighted by molar-refractivity contribution is 0.0605. The van der Waals surface area contributed by atoms with Gasteiger partial charge in [0.05, 0.1) is 26.4 Å². The Hall–Kier alpha value is 0.580. The first-order valence-corrected chi connectivity index (χ1v) is 8.33. The van der Waals surface area contributed by atoms with Crippen LogP contribution in [0.25, 0.3) is 0 Å². The molecule has 0 bridgehead atoms. The third-order valence-corrected chi connectivity index (χ3v) is 4.63. The van der Waals surface area contributed by atoms with Crippen molar-refractivity contribution in [2.75, 3.05) is 49.7 Å². The molecule has 1 aliphatic heterocycles. The maximum Gasteiger partial charge on any atom is 0.0700 e. The maximum absolute atomic E-state index is 5.49. The van der Waals surface area contributed by atoms with Crippen LogP contribution in [0, 0.1) is 0 Å². The predicted octanol–water partition coefficient (Wildman–Crippen LogP) is 1.88. The molecule has 0 aromatic rings. The van der Waals surface area contributed by atoms with Crippen LogP contribution >= 0.6 is 23.5 Å². The number of ether oxygens (including phenoxy) is 2. The summed E-state index contributed by atoms with van der Waals surface area (Å²) in [6.45, 7) is 3.22. The first-order valence-electron chi connectivity index (χ1n) is 6.02. The lowest BCUT2D eigenvalue weighted by Crippen LogP contribution is -2.26. The topological polar surface area (TPSA) is 21.7 Å². The van der Waals surface area contributed by atoms with E-state index in [-0.39, 0.29) is 0 Å². The van der Waals surface area contributed by atoms with Gasteiger partial charge in [0.15, 0.2) is 0 Å². The minimum Gasteiger partial charge on any atom is -0.378 e. The van der Waals surface area contributed by atoms with Crippen molar-refractivity contribution in [3.05, 3.63) is 0 Å². The Morgan fingerprint density at radius 3 is 1.88 bits per heavy atom. The van der Waals surface area contributed by atoms with Crippen LogP contribution in [0.5, 0.6) is 0 Å². The third kappa shape index (κ3) is 5.27. The minimum absolute atomic E-state index is 0.748. The van der Waals surface area contributed by atoms with Gasteiger partial charge in [0, 0.05) is 29.3 Å². The summed E-state index contributed by atoms with van der Waals surface area (Å²) in [5, 5.41) is 0. The van der Waals surface area contributed by atoms with Gasteiger partial charge in [-0.3, -0.25) is 4.90 Å². The number of hydrogen-bond donors (Lipinski definition) is 0. The van der Waals surface area contributed by atoms with Crippen LogP contribution in [0.1, 0.15) is 12.8 Å². The molecule has 1 saturated carbocycles. The molecule has 1 saturated heterocycles. The third-order valence-electron chi connectivity index (χ3n) is 2.69. The summed E-state index contributed by atoms with van der Waals surface area (Å²) < 4.78 is 11.0. The second-order valence-corrected chi connectivity index (χ2v) is 6.27. The lowest BCUT2D eigenvalue weighted by atomic mass is 10.6. The number of thioether (sulfide) groups is 2. The number of rotatable bonds is 1. The van der Waals surface area contributed by atoms with Gasteiger partial charge >= 0.3 is 0 Å². The van der Waals surface area contributed by atoms with Crippen molar-refractivity contribution in [2.45, 2.75) is 18.9 Å². The average molecular weight is 263 g/mol. The first kappa shape index (κ1) is 13.0. The fraction of sp³-hybridized carbons (Fsp3) is 1.00. The van der Waals surface area contributed by atoms with Crippen LogP contribution < -0.4 is 0 Å². The molecule has 0 radical (unpaired) electrons. The van der Waals surface area contributed by atoms with E-state index in [2.05, 4.69) is 4.90 Å². The largest absolute Gasteiger partial charge is 0.378 e. The number of nitrogens with zero attached hydrogens (tertiary/aromatic N) is 1. The molecule has 5 heteroatoms. The van der Waals surface area contributed by atoms with Gasteiger partial charge in [0.2, 0.25) is 0 Å². The number of hydrogen-bond acceptors (Lipinski definition) is 5. The Morgan fingerprint density at radius 2 is 1.38 bits per heavy atom. The van der Waals surface area contributed by atoms with E-state index in [4.69, 9.17) is 9.47 Å². The van der Waals surface area contributed by atoms with Crippen molar-refractivity contribution >= 4 is 23.5 Å². The summed E-state index contributed by atoms with van der Waals surface area (Å²) in [7, 11) is 0. The average Bonchev–Trinajstić information content (AvgIpc) is 3.10. The summed E-state index contributed by atoms with van der Waals surface area (Å²) in [4.78, 5) is 2.60. The molecule has 0 aromatic heterocycles. The van der Waals surface area contributed by atoms with E-state index in [0.29, 0.717) is 0 Å². The summed E-state index contributed by atoms with van der Waals surface area (Å²) in [6.07, 6.45) is 2.79. The van der Waals surface area contributed by atoms with Crippen molar-refractivity contribution in [1.82, 2.24) is 4.90 Å². The Bertz CT molecular complexity index is 177. The fourth-order valence-corrected chi connectivity index (χ4v) is 3.53. The highest BCUT2D eigenvalue weighted by atomic mass is 32.2. The van der Waals surface area contributed by atoms with Crippen LogP contribution in [-0.2, 0) is 9.47 Å². The zero-order valence-electron chi connectivity index (χ0n) is 9.73. The van der Waals surface area contributed by atoms with E-state index < -0.39 is 0 Å². The van der Waals surface area contributed by atoms with Gasteiger partial charge in [-0.05, 0) is 12.8 Å². The summed E-state index contributed by atoms with van der Waals surface area (Å²) in [5.74, 6) is 4.55. The van der Waals surface area contributed by atoms with Crippen LogP contribution in [0.3, 0.4) is 0 Å². The molecular weight excluding hydrogens is 242 g/mol. The van der Waals surface area contributed by atoms with E-state index in [1.807, 2.05) is 23.5 Å². The Balaban J connectivity index is 1.68. The van der Waals surface area contributed by atoms with E-state index in [9.17, 15) is 0 Å². The molecule has 1 aliphatic carbocycles. The quantitative estimate of drug-likeness (QED) is 0.718. The zero-order valence-corrected chi connectivity index (χ0v) is 11.4. The molecule has 0 N–H and O–H groups in total. The lowest BCUT2D eigenvalue weighted by Gasteiger charge is -2.20. The van der Waals surface area contributed by atoms with Crippen molar-refractivity contribution in [1.29, 1.82) is 0 Å². The molecule has 94 valence electrons. The van der Waals surface area contributed by atoms with Crippen molar-refractivity contribution < 1.29 is 9.47 Å². The highest BCUT2D eigenvalue weighted by Crippen LogP contribution is 2.29. The molecule has 0 amide bonds. The highest BCUT2D eigenvalue weighted by Gasteiger charge is 2.28. The molecule has 1 heterocycles. The van der Waals surface area contributed by atoms with Gasteiger partial charge in [-0.25, -0.2) is 0 Å². The summed E-state index contributed by atoms with van der Waals surface area (Å²) in [6, 6.07) is 0.868. The van der Waals surface area contributed by atoms with E-state index in [1.54, 1.807) is 0 Å². The van der Waals surface area contributed by atoms with Gasteiger partial charge < -0.3 is 9.47 Å². The molecule has 2 rings (SSSR count). The van der Waals surface area contributed by atoms with Crippen LogP contribution in [-0.4, -0.2) is 60.6 Å². The molecule has 0 atom stereocenters.